The molecule has 86 valence electrons. The van der Waals surface area contributed by atoms with Crippen molar-refractivity contribution in [2.75, 3.05) is 0 Å². The SMILES string of the molecule is O=C(O)c1cc(Cl)ccc1-c1cccc(O)c1. The molecule has 3 nitrogen and oxygen atoms in total. The van der Waals surface area contributed by atoms with Crippen molar-refractivity contribution in [2.45, 2.75) is 0 Å². The summed E-state index contributed by atoms with van der Waals surface area (Å²) in [5.41, 5.74) is 1.28. The number of carboxylic acids is 1. The molecular formula is C13H9ClO3. The Kier molecular flexibility index (Phi) is 3.02. The fourth-order valence-corrected chi connectivity index (χ4v) is 1.79. The molecule has 0 aliphatic rings. The van der Waals surface area contributed by atoms with Crippen LogP contribution in [0.15, 0.2) is 42.5 Å². The summed E-state index contributed by atoms with van der Waals surface area (Å²) in [6.07, 6.45) is 0. The lowest BCUT2D eigenvalue weighted by atomic mass is 9.99. The first-order valence-electron chi connectivity index (χ1n) is 4.90. The van der Waals surface area contributed by atoms with Crippen molar-refractivity contribution >= 4 is 17.6 Å². The van der Waals surface area contributed by atoms with Gasteiger partial charge in [0.2, 0.25) is 0 Å². The van der Waals surface area contributed by atoms with Crippen molar-refractivity contribution in [2.24, 2.45) is 0 Å². The maximum atomic E-state index is 11.1. The monoisotopic (exact) mass is 248 g/mol. The van der Waals surface area contributed by atoms with Crippen LogP contribution in [0.3, 0.4) is 0 Å². The highest BCUT2D eigenvalue weighted by Crippen LogP contribution is 2.28. The first-order chi connectivity index (χ1) is 8.08. The number of carboxylic acid groups (broad SMARTS) is 1. The summed E-state index contributed by atoms with van der Waals surface area (Å²) < 4.78 is 0. The Hall–Kier alpha value is -2.00. The Labute approximate surface area is 103 Å². The van der Waals surface area contributed by atoms with E-state index in [9.17, 15) is 9.90 Å². The first kappa shape index (κ1) is 11.5. The molecule has 0 fully saturated rings. The summed E-state index contributed by atoms with van der Waals surface area (Å²) in [6.45, 7) is 0. The Morgan fingerprint density at radius 2 is 1.88 bits per heavy atom. The molecule has 17 heavy (non-hydrogen) atoms. The number of carbonyl (C=O) groups is 1. The Balaban J connectivity index is 2.63. The standard InChI is InChI=1S/C13H9ClO3/c14-9-4-5-11(12(7-9)13(16)17)8-2-1-3-10(15)6-8/h1-7,15H,(H,16,17). The largest absolute Gasteiger partial charge is 0.508 e. The lowest BCUT2D eigenvalue weighted by Gasteiger charge is -2.07. The summed E-state index contributed by atoms with van der Waals surface area (Å²) in [6, 6.07) is 11.1. The van der Waals surface area contributed by atoms with Crippen LogP contribution >= 0.6 is 11.6 Å². The van der Waals surface area contributed by atoms with Gasteiger partial charge in [0.25, 0.3) is 0 Å². The topological polar surface area (TPSA) is 57.5 Å². The molecular weight excluding hydrogens is 240 g/mol. The molecule has 2 aromatic carbocycles. The fraction of sp³-hybridized carbons (Fsp3) is 0. The third kappa shape index (κ3) is 2.40. The molecule has 0 amide bonds. The minimum atomic E-state index is -1.05. The van der Waals surface area contributed by atoms with Crippen molar-refractivity contribution in [3.8, 4) is 16.9 Å². The lowest BCUT2D eigenvalue weighted by Crippen LogP contribution is -1.99. The second kappa shape index (κ2) is 4.47. The number of phenols is 1. The highest BCUT2D eigenvalue weighted by atomic mass is 35.5. The van der Waals surface area contributed by atoms with Gasteiger partial charge in [0, 0.05) is 5.02 Å². The molecule has 2 aromatic rings. The van der Waals surface area contributed by atoms with E-state index >= 15 is 0 Å². The number of phenolic OH excluding ortho intramolecular Hbond substituents is 1. The minimum absolute atomic E-state index is 0.0915. The molecule has 0 saturated carbocycles. The first-order valence-corrected chi connectivity index (χ1v) is 5.28. The Bertz CT molecular complexity index is 579. The Morgan fingerprint density at radius 3 is 2.53 bits per heavy atom. The van der Waals surface area contributed by atoms with Gasteiger partial charge >= 0.3 is 5.97 Å². The zero-order valence-electron chi connectivity index (χ0n) is 8.72. The third-order valence-electron chi connectivity index (χ3n) is 2.37. The highest BCUT2D eigenvalue weighted by Gasteiger charge is 2.12. The molecule has 0 bridgehead atoms. The summed E-state index contributed by atoms with van der Waals surface area (Å²) in [5.74, 6) is -0.959. The highest BCUT2D eigenvalue weighted by molar-refractivity contribution is 6.31. The molecule has 4 heteroatoms. The van der Waals surface area contributed by atoms with Crippen molar-refractivity contribution in [1.82, 2.24) is 0 Å². The van der Waals surface area contributed by atoms with E-state index in [-0.39, 0.29) is 11.3 Å². The molecule has 0 aliphatic carbocycles. The summed E-state index contributed by atoms with van der Waals surface area (Å²) in [4.78, 5) is 11.1. The average Bonchev–Trinajstić information content (AvgIpc) is 2.28. The lowest BCUT2D eigenvalue weighted by molar-refractivity contribution is 0.0697. The zero-order chi connectivity index (χ0) is 12.4. The van der Waals surface area contributed by atoms with E-state index in [1.807, 2.05) is 0 Å². The van der Waals surface area contributed by atoms with Crippen LogP contribution in [0.2, 0.25) is 5.02 Å². The summed E-state index contributed by atoms with van der Waals surface area (Å²) >= 11 is 5.77. The normalized spacial score (nSPS) is 10.2. The van der Waals surface area contributed by atoms with Gasteiger partial charge in [-0.2, -0.15) is 0 Å². The zero-order valence-corrected chi connectivity index (χ0v) is 9.48. The second-order valence-corrected chi connectivity index (χ2v) is 3.98. The second-order valence-electron chi connectivity index (χ2n) is 3.55. The van der Waals surface area contributed by atoms with Crippen LogP contribution in [0, 0.1) is 0 Å². The quantitative estimate of drug-likeness (QED) is 0.856. The molecule has 0 aromatic heterocycles. The van der Waals surface area contributed by atoms with Gasteiger partial charge in [0.15, 0.2) is 0 Å². The molecule has 0 aliphatic heterocycles. The van der Waals surface area contributed by atoms with Crippen molar-refractivity contribution in [3.63, 3.8) is 0 Å². The van der Waals surface area contributed by atoms with Gasteiger partial charge < -0.3 is 10.2 Å². The number of aromatic hydroxyl groups is 1. The van der Waals surface area contributed by atoms with Gasteiger partial charge in [-0.15, -0.1) is 0 Å². The van der Waals surface area contributed by atoms with Crippen LogP contribution in [0.4, 0.5) is 0 Å². The fourth-order valence-electron chi connectivity index (χ4n) is 1.62. The van der Waals surface area contributed by atoms with Gasteiger partial charge in [0.05, 0.1) is 5.56 Å². The van der Waals surface area contributed by atoms with Crippen LogP contribution in [-0.4, -0.2) is 16.2 Å². The van der Waals surface area contributed by atoms with Crippen molar-refractivity contribution in [3.05, 3.63) is 53.1 Å². The predicted octanol–water partition coefficient (Wildman–Crippen LogP) is 3.41. The van der Waals surface area contributed by atoms with E-state index in [1.165, 1.54) is 18.2 Å². The van der Waals surface area contributed by atoms with Gasteiger partial charge in [-0.1, -0.05) is 29.8 Å². The van der Waals surface area contributed by atoms with Crippen LogP contribution in [-0.2, 0) is 0 Å². The van der Waals surface area contributed by atoms with Gasteiger partial charge in [-0.25, -0.2) is 4.79 Å². The van der Waals surface area contributed by atoms with Crippen molar-refractivity contribution < 1.29 is 15.0 Å². The van der Waals surface area contributed by atoms with E-state index in [2.05, 4.69) is 0 Å². The molecule has 0 unspecified atom stereocenters. The van der Waals surface area contributed by atoms with Gasteiger partial charge in [0.1, 0.15) is 5.75 Å². The van der Waals surface area contributed by atoms with Crippen LogP contribution in [0.25, 0.3) is 11.1 Å². The third-order valence-corrected chi connectivity index (χ3v) is 2.60. The number of hydrogen-bond donors (Lipinski definition) is 2. The van der Waals surface area contributed by atoms with Crippen LogP contribution in [0.5, 0.6) is 5.75 Å². The maximum absolute atomic E-state index is 11.1. The van der Waals surface area contributed by atoms with Crippen LogP contribution < -0.4 is 0 Å². The smallest absolute Gasteiger partial charge is 0.336 e. The average molecular weight is 249 g/mol. The molecule has 2 N–H and O–H groups in total. The number of hydrogen-bond acceptors (Lipinski definition) is 2. The van der Waals surface area contributed by atoms with E-state index < -0.39 is 5.97 Å². The maximum Gasteiger partial charge on any atom is 0.336 e. The van der Waals surface area contributed by atoms with Crippen molar-refractivity contribution in [1.29, 1.82) is 0 Å². The molecule has 0 heterocycles. The van der Waals surface area contributed by atoms with E-state index in [1.54, 1.807) is 24.3 Å². The van der Waals surface area contributed by atoms with E-state index in [4.69, 9.17) is 16.7 Å². The van der Waals surface area contributed by atoms with E-state index in [0.717, 1.165) is 0 Å². The van der Waals surface area contributed by atoms with Crippen LogP contribution in [0.1, 0.15) is 10.4 Å². The van der Waals surface area contributed by atoms with Gasteiger partial charge in [-0.3, -0.25) is 0 Å². The number of aromatic carboxylic acids is 1. The number of rotatable bonds is 2. The molecule has 2 rings (SSSR count). The summed E-state index contributed by atoms with van der Waals surface area (Å²) in [7, 11) is 0. The Morgan fingerprint density at radius 1 is 1.12 bits per heavy atom. The molecule has 0 atom stereocenters. The molecule has 0 spiro atoms. The van der Waals surface area contributed by atoms with Gasteiger partial charge in [-0.05, 0) is 35.4 Å². The molecule has 0 radical (unpaired) electrons. The van der Waals surface area contributed by atoms with E-state index in [0.29, 0.717) is 16.1 Å². The summed E-state index contributed by atoms with van der Waals surface area (Å²) in [5, 5.41) is 18.9. The number of benzene rings is 2. The predicted molar refractivity (Wildman–Crippen MR) is 65.5 cm³/mol. The minimum Gasteiger partial charge on any atom is -0.508 e. The molecule has 0 saturated heterocycles. The number of halogens is 1.